The molecule has 0 atom stereocenters. The SMILES string of the molecule is CCn1c(=S)[nH]c2cc(C(=O)Nc3ccc(CC#N)cc3)ccc2c1=O. The number of aromatic nitrogens is 2. The number of hydrogen-bond donors (Lipinski definition) is 2. The number of rotatable bonds is 4. The van der Waals surface area contributed by atoms with Crippen LogP contribution in [0, 0.1) is 16.1 Å². The van der Waals surface area contributed by atoms with Crippen LogP contribution in [-0.2, 0) is 13.0 Å². The molecule has 7 heteroatoms. The largest absolute Gasteiger partial charge is 0.332 e. The lowest BCUT2D eigenvalue weighted by Gasteiger charge is -2.08. The highest BCUT2D eigenvalue weighted by Gasteiger charge is 2.10. The van der Waals surface area contributed by atoms with Crippen molar-refractivity contribution in [2.75, 3.05) is 5.32 Å². The van der Waals surface area contributed by atoms with E-state index in [0.29, 0.717) is 39.9 Å². The molecule has 0 saturated carbocycles. The molecule has 130 valence electrons. The van der Waals surface area contributed by atoms with Crippen molar-refractivity contribution < 1.29 is 4.79 Å². The Labute approximate surface area is 154 Å². The Kier molecular flexibility index (Phi) is 4.96. The molecule has 0 radical (unpaired) electrons. The number of benzene rings is 2. The summed E-state index contributed by atoms with van der Waals surface area (Å²) in [5, 5.41) is 12.0. The number of anilines is 1. The molecule has 6 nitrogen and oxygen atoms in total. The van der Waals surface area contributed by atoms with E-state index in [9.17, 15) is 9.59 Å². The Bertz CT molecular complexity index is 1140. The average molecular weight is 364 g/mol. The Morgan fingerprint density at radius 3 is 2.65 bits per heavy atom. The zero-order chi connectivity index (χ0) is 18.7. The lowest BCUT2D eigenvalue weighted by Crippen LogP contribution is -2.21. The number of amides is 1. The summed E-state index contributed by atoms with van der Waals surface area (Å²) < 4.78 is 1.80. The van der Waals surface area contributed by atoms with E-state index in [-0.39, 0.29) is 11.5 Å². The molecule has 26 heavy (non-hydrogen) atoms. The van der Waals surface area contributed by atoms with Crippen molar-refractivity contribution in [3.63, 3.8) is 0 Å². The van der Waals surface area contributed by atoms with Crippen molar-refractivity contribution in [2.45, 2.75) is 19.9 Å². The fourth-order valence-electron chi connectivity index (χ4n) is 2.68. The van der Waals surface area contributed by atoms with Crippen LogP contribution in [0.1, 0.15) is 22.8 Å². The minimum Gasteiger partial charge on any atom is -0.332 e. The number of H-pyrrole nitrogens is 1. The first-order chi connectivity index (χ1) is 12.5. The van der Waals surface area contributed by atoms with E-state index in [2.05, 4.69) is 16.4 Å². The van der Waals surface area contributed by atoms with Gasteiger partial charge in [-0.15, -0.1) is 0 Å². The Balaban J connectivity index is 1.90. The van der Waals surface area contributed by atoms with Gasteiger partial charge in [0.1, 0.15) is 0 Å². The molecule has 0 fully saturated rings. The molecular formula is C19H16N4O2S. The maximum Gasteiger partial charge on any atom is 0.262 e. The fraction of sp³-hybridized carbons (Fsp3) is 0.158. The first-order valence-corrected chi connectivity index (χ1v) is 8.48. The van der Waals surface area contributed by atoms with Crippen LogP contribution in [0.15, 0.2) is 47.3 Å². The summed E-state index contributed by atoms with van der Waals surface area (Å²) in [6.07, 6.45) is 0.327. The van der Waals surface area contributed by atoms with Gasteiger partial charge in [-0.1, -0.05) is 12.1 Å². The molecule has 2 aromatic carbocycles. The zero-order valence-corrected chi connectivity index (χ0v) is 14.9. The molecule has 0 unspecified atom stereocenters. The van der Waals surface area contributed by atoms with E-state index in [1.807, 2.05) is 6.92 Å². The standard InChI is InChI=1S/C19H16N4O2S/c1-2-23-18(25)15-8-5-13(11-16(15)22-19(23)26)17(24)21-14-6-3-12(4-7-14)9-10-20/h3-8,11H,2,9H2,1H3,(H,21,24)(H,22,26). The molecule has 0 aliphatic carbocycles. The summed E-state index contributed by atoms with van der Waals surface area (Å²) in [5.74, 6) is -0.293. The topological polar surface area (TPSA) is 90.7 Å². The second kappa shape index (κ2) is 7.33. The zero-order valence-electron chi connectivity index (χ0n) is 14.1. The summed E-state index contributed by atoms with van der Waals surface area (Å²) in [6.45, 7) is 2.33. The normalized spacial score (nSPS) is 10.5. The maximum atomic E-state index is 12.5. The van der Waals surface area contributed by atoms with Gasteiger partial charge in [0.25, 0.3) is 11.5 Å². The molecule has 0 saturated heterocycles. The third kappa shape index (κ3) is 3.41. The molecule has 0 aliphatic heterocycles. The Morgan fingerprint density at radius 2 is 2.00 bits per heavy atom. The van der Waals surface area contributed by atoms with E-state index < -0.39 is 0 Å². The number of nitriles is 1. The Morgan fingerprint density at radius 1 is 1.27 bits per heavy atom. The van der Waals surface area contributed by atoms with Gasteiger partial charge in [0.2, 0.25) is 0 Å². The Hall–Kier alpha value is -3.24. The lowest BCUT2D eigenvalue weighted by atomic mass is 10.1. The van der Waals surface area contributed by atoms with Gasteiger partial charge in [-0.3, -0.25) is 14.2 Å². The van der Waals surface area contributed by atoms with Crippen LogP contribution >= 0.6 is 12.2 Å². The smallest absolute Gasteiger partial charge is 0.262 e. The van der Waals surface area contributed by atoms with Crippen LogP contribution in [-0.4, -0.2) is 15.5 Å². The quantitative estimate of drug-likeness (QED) is 0.694. The van der Waals surface area contributed by atoms with Gasteiger partial charge in [0.05, 0.1) is 23.4 Å². The highest BCUT2D eigenvalue weighted by molar-refractivity contribution is 7.71. The number of fused-ring (bicyclic) bond motifs is 1. The lowest BCUT2D eigenvalue weighted by molar-refractivity contribution is 0.102. The maximum absolute atomic E-state index is 12.5. The minimum absolute atomic E-state index is 0.175. The van der Waals surface area contributed by atoms with Gasteiger partial charge in [-0.2, -0.15) is 5.26 Å². The van der Waals surface area contributed by atoms with Gasteiger partial charge in [0.15, 0.2) is 4.77 Å². The predicted octanol–water partition coefficient (Wildman–Crippen LogP) is 3.40. The second-order valence-corrected chi connectivity index (χ2v) is 6.11. The van der Waals surface area contributed by atoms with Gasteiger partial charge in [-0.05, 0) is 55.0 Å². The van der Waals surface area contributed by atoms with Crippen LogP contribution in [0.3, 0.4) is 0 Å². The van der Waals surface area contributed by atoms with Crippen molar-refractivity contribution in [2.24, 2.45) is 0 Å². The summed E-state index contributed by atoms with van der Waals surface area (Å²) in [7, 11) is 0. The van der Waals surface area contributed by atoms with Gasteiger partial charge >= 0.3 is 0 Å². The first-order valence-electron chi connectivity index (χ1n) is 8.07. The van der Waals surface area contributed by atoms with Crippen LogP contribution < -0.4 is 10.9 Å². The molecule has 2 N–H and O–H groups in total. The number of nitrogens with one attached hydrogen (secondary N) is 2. The van der Waals surface area contributed by atoms with Crippen LogP contribution in [0.5, 0.6) is 0 Å². The third-order valence-electron chi connectivity index (χ3n) is 4.06. The predicted molar refractivity (Wildman–Crippen MR) is 103 cm³/mol. The highest BCUT2D eigenvalue weighted by atomic mass is 32.1. The van der Waals surface area contributed by atoms with E-state index in [4.69, 9.17) is 17.5 Å². The number of hydrogen-bond acceptors (Lipinski definition) is 4. The first kappa shape index (κ1) is 17.6. The fourth-order valence-corrected chi connectivity index (χ4v) is 3.01. The summed E-state index contributed by atoms with van der Waals surface area (Å²) in [6, 6.07) is 14.0. The molecule has 3 aromatic rings. The van der Waals surface area contributed by atoms with Crippen molar-refractivity contribution in [3.05, 3.63) is 68.7 Å². The van der Waals surface area contributed by atoms with E-state index in [0.717, 1.165) is 5.56 Å². The summed E-state index contributed by atoms with van der Waals surface area (Å²) >= 11 is 5.20. The van der Waals surface area contributed by atoms with Crippen molar-refractivity contribution in [1.29, 1.82) is 5.26 Å². The number of carbonyl (C=O) groups is 1. The summed E-state index contributed by atoms with van der Waals surface area (Å²) in [5.41, 5.74) is 2.29. The van der Waals surface area contributed by atoms with Crippen LogP contribution in [0.2, 0.25) is 0 Å². The molecular weight excluding hydrogens is 348 g/mol. The number of aromatic amines is 1. The van der Waals surface area contributed by atoms with Crippen molar-refractivity contribution in [3.8, 4) is 6.07 Å². The monoisotopic (exact) mass is 364 g/mol. The molecule has 0 aliphatic rings. The third-order valence-corrected chi connectivity index (χ3v) is 4.38. The molecule has 0 spiro atoms. The van der Waals surface area contributed by atoms with Crippen molar-refractivity contribution >= 4 is 34.7 Å². The average Bonchev–Trinajstić information content (AvgIpc) is 2.63. The van der Waals surface area contributed by atoms with Gasteiger partial charge in [0, 0.05) is 17.8 Å². The minimum atomic E-state index is -0.293. The van der Waals surface area contributed by atoms with Crippen molar-refractivity contribution in [1.82, 2.24) is 9.55 Å². The van der Waals surface area contributed by atoms with Gasteiger partial charge in [-0.25, -0.2) is 0 Å². The summed E-state index contributed by atoms with van der Waals surface area (Å²) in [4.78, 5) is 27.9. The molecule has 3 rings (SSSR count). The second-order valence-electron chi connectivity index (χ2n) is 5.73. The molecule has 1 amide bonds. The van der Waals surface area contributed by atoms with E-state index in [1.54, 1.807) is 42.5 Å². The van der Waals surface area contributed by atoms with E-state index >= 15 is 0 Å². The van der Waals surface area contributed by atoms with E-state index in [1.165, 1.54) is 4.57 Å². The number of carbonyl (C=O) groups excluding carboxylic acids is 1. The van der Waals surface area contributed by atoms with Gasteiger partial charge < -0.3 is 10.3 Å². The molecule has 1 aromatic heterocycles. The molecule has 1 heterocycles. The van der Waals surface area contributed by atoms with Crippen LogP contribution in [0.25, 0.3) is 10.9 Å². The highest BCUT2D eigenvalue weighted by Crippen LogP contribution is 2.15. The number of nitrogens with zero attached hydrogens (tertiary/aromatic N) is 2. The molecule has 0 bridgehead atoms. The van der Waals surface area contributed by atoms with Crippen LogP contribution in [0.4, 0.5) is 5.69 Å².